The molecule has 0 unspecified atom stereocenters. The highest BCUT2D eigenvalue weighted by atomic mass is 35.5. The van der Waals surface area contributed by atoms with Gasteiger partial charge in [0.2, 0.25) is 10.0 Å². The lowest BCUT2D eigenvalue weighted by atomic mass is 9.99. The summed E-state index contributed by atoms with van der Waals surface area (Å²) in [7, 11) is -1.78. The molecule has 0 atom stereocenters. The first-order valence-electron chi connectivity index (χ1n) is 9.17. The summed E-state index contributed by atoms with van der Waals surface area (Å²) in [6, 6.07) is 11.6. The largest absolute Gasteiger partial charge is 0.494 e. The van der Waals surface area contributed by atoms with E-state index in [1.807, 2.05) is 25.3 Å². The van der Waals surface area contributed by atoms with Gasteiger partial charge in [-0.05, 0) is 37.3 Å². The lowest BCUT2D eigenvalue weighted by molar-refractivity contribution is 0.415. The smallest absolute Gasteiger partial charge is 0.229 e. The van der Waals surface area contributed by atoms with Crippen molar-refractivity contribution < 1.29 is 13.2 Å². The normalized spacial score (nSPS) is 13.0. The molecule has 9 heteroatoms. The minimum atomic E-state index is -3.37. The molecule has 0 saturated carbocycles. The van der Waals surface area contributed by atoms with E-state index < -0.39 is 10.0 Å². The molecule has 1 aliphatic heterocycles. The summed E-state index contributed by atoms with van der Waals surface area (Å²) in [4.78, 5) is 10.2. The van der Waals surface area contributed by atoms with E-state index in [2.05, 4.69) is 31.7 Å². The fourth-order valence-electron chi connectivity index (χ4n) is 4.11. The minimum Gasteiger partial charge on any atom is -0.494 e. The number of hydrogen-bond acceptors (Lipinski definition) is 5. The van der Waals surface area contributed by atoms with Crippen molar-refractivity contribution in [3.05, 3.63) is 53.9 Å². The number of aromatic amines is 1. The number of anilines is 3. The zero-order valence-electron chi connectivity index (χ0n) is 16.7. The highest BCUT2D eigenvalue weighted by Crippen LogP contribution is 2.46. The van der Waals surface area contributed by atoms with Crippen LogP contribution in [0.15, 0.2) is 42.6 Å². The van der Waals surface area contributed by atoms with Gasteiger partial charge in [-0.2, -0.15) is 0 Å². The highest BCUT2D eigenvalue weighted by Gasteiger charge is 2.26. The van der Waals surface area contributed by atoms with Crippen LogP contribution in [0.4, 0.5) is 17.1 Å². The van der Waals surface area contributed by atoms with E-state index in [0.717, 1.165) is 45.3 Å². The molecule has 0 fully saturated rings. The van der Waals surface area contributed by atoms with E-state index >= 15 is 0 Å². The lowest BCUT2D eigenvalue weighted by Gasteiger charge is -2.31. The maximum absolute atomic E-state index is 11.6. The molecule has 0 amide bonds. The van der Waals surface area contributed by atoms with Crippen molar-refractivity contribution in [2.24, 2.45) is 0 Å². The van der Waals surface area contributed by atoms with Crippen LogP contribution in [0, 0.1) is 6.92 Å². The van der Waals surface area contributed by atoms with Gasteiger partial charge in [-0.15, -0.1) is 12.4 Å². The Balaban J connectivity index is 0.00000218. The molecule has 0 bridgehead atoms. The van der Waals surface area contributed by atoms with Gasteiger partial charge in [0.25, 0.3) is 0 Å². The number of rotatable bonds is 4. The van der Waals surface area contributed by atoms with E-state index in [9.17, 15) is 8.42 Å². The molecule has 3 heterocycles. The third kappa shape index (κ3) is 3.22. The van der Waals surface area contributed by atoms with Crippen LogP contribution in [0.25, 0.3) is 21.8 Å². The van der Waals surface area contributed by atoms with Crippen LogP contribution in [0.1, 0.15) is 11.3 Å². The first kappa shape index (κ1) is 20.3. The zero-order valence-corrected chi connectivity index (χ0v) is 18.3. The van der Waals surface area contributed by atoms with Crippen LogP contribution < -0.4 is 14.4 Å². The van der Waals surface area contributed by atoms with Crippen LogP contribution in [-0.2, 0) is 16.6 Å². The van der Waals surface area contributed by atoms with Crippen molar-refractivity contribution in [3.63, 3.8) is 0 Å². The molecular formula is C21H21ClN4O3S. The fourth-order valence-corrected chi connectivity index (χ4v) is 4.67. The lowest BCUT2D eigenvalue weighted by Crippen LogP contribution is -2.20. The molecule has 7 nitrogen and oxygen atoms in total. The molecule has 1 aliphatic rings. The number of hydrogen-bond donors (Lipinski definition) is 2. The second-order valence-corrected chi connectivity index (χ2v) is 9.10. The monoisotopic (exact) mass is 444 g/mol. The molecule has 156 valence electrons. The van der Waals surface area contributed by atoms with Crippen molar-refractivity contribution in [2.45, 2.75) is 13.5 Å². The predicted octanol–water partition coefficient (Wildman–Crippen LogP) is 4.48. The number of nitrogens with one attached hydrogen (secondary N) is 2. The number of H-pyrrole nitrogens is 1. The average Bonchev–Trinajstić information content (AvgIpc) is 3.08. The molecule has 0 spiro atoms. The molecule has 0 radical (unpaired) electrons. The number of nitrogens with zero attached hydrogens (tertiary/aromatic N) is 2. The Morgan fingerprint density at radius 2 is 1.93 bits per heavy atom. The van der Waals surface area contributed by atoms with Gasteiger partial charge in [0.05, 0.1) is 42.5 Å². The van der Waals surface area contributed by atoms with E-state index in [1.165, 1.54) is 5.39 Å². The Hall–Kier alpha value is -2.97. The molecule has 0 aliphatic carbocycles. The van der Waals surface area contributed by atoms with Crippen LogP contribution >= 0.6 is 12.4 Å². The summed E-state index contributed by atoms with van der Waals surface area (Å²) >= 11 is 0. The number of halogens is 1. The van der Waals surface area contributed by atoms with Gasteiger partial charge in [-0.3, -0.25) is 9.71 Å². The Bertz CT molecular complexity index is 1400. The van der Waals surface area contributed by atoms with Gasteiger partial charge in [0, 0.05) is 39.8 Å². The van der Waals surface area contributed by atoms with Gasteiger partial charge in [0.15, 0.2) is 0 Å². The number of aromatic nitrogens is 2. The van der Waals surface area contributed by atoms with E-state index in [1.54, 1.807) is 19.2 Å². The van der Waals surface area contributed by atoms with Gasteiger partial charge in [-0.1, -0.05) is 0 Å². The van der Waals surface area contributed by atoms with Crippen molar-refractivity contribution in [1.29, 1.82) is 0 Å². The van der Waals surface area contributed by atoms with E-state index in [0.29, 0.717) is 18.0 Å². The molecule has 30 heavy (non-hydrogen) atoms. The van der Waals surface area contributed by atoms with E-state index in [4.69, 9.17) is 4.74 Å². The molecular weight excluding hydrogens is 424 g/mol. The summed E-state index contributed by atoms with van der Waals surface area (Å²) in [6.07, 6.45) is 3.05. The van der Waals surface area contributed by atoms with Crippen LogP contribution in [0.3, 0.4) is 0 Å². The third-order valence-corrected chi connectivity index (χ3v) is 5.80. The number of ether oxygens (including phenoxy) is 1. The topological polar surface area (TPSA) is 87.3 Å². The molecule has 5 rings (SSSR count). The SMILES string of the molecule is COc1cc(NS(C)(=O)=O)ccc1N1Cc2cnc3ccc4[nH]c(C)cc1c4c23.Cl. The maximum Gasteiger partial charge on any atom is 0.229 e. The first-order chi connectivity index (χ1) is 13.8. The van der Waals surface area contributed by atoms with Crippen LogP contribution in [-0.4, -0.2) is 31.8 Å². The second kappa shape index (κ2) is 7.07. The predicted molar refractivity (Wildman–Crippen MR) is 123 cm³/mol. The number of pyridine rings is 1. The molecule has 4 aromatic rings. The first-order valence-corrected chi connectivity index (χ1v) is 11.1. The minimum absolute atomic E-state index is 0. The second-order valence-electron chi connectivity index (χ2n) is 7.35. The molecule has 2 N–H and O–H groups in total. The Labute approximate surface area is 180 Å². The van der Waals surface area contributed by atoms with Gasteiger partial charge >= 0.3 is 0 Å². The Morgan fingerprint density at radius 1 is 1.13 bits per heavy atom. The van der Waals surface area contributed by atoms with Crippen molar-refractivity contribution in [2.75, 3.05) is 23.0 Å². The quantitative estimate of drug-likeness (QED) is 0.484. The summed E-state index contributed by atoms with van der Waals surface area (Å²) in [5, 5.41) is 2.31. The fraction of sp³-hybridized carbons (Fsp3) is 0.190. The Kier molecular flexibility index (Phi) is 4.79. The summed E-state index contributed by atoms with van der Waals surface area (Å²) in [5.74, 6) is 0.590. The van der Waals surface area contributed by atoms with Gasteiger partial charge < -0.3 is 14.6 Å². The maximum atomic E-state index is 11.6. The van der Waals surface area contributed by atoms with Gasteiger partial charge in [0.1, 0.15) is 5.75 Å². The molecule has 2 aromatic carbocycles. The van der Waals surface area contributed by atoms with Crippen LogP contribution in [0.2, 0.25) is 0 Å². The third-order valence-electron chi connectivity index (χ3n) is 5.20. The summed E-state index contributed by atoms with van der Waals surface area (Å²) < 4.78 is 31.3. The number of methoxy groups -OCH3 is 1. The van der Waals surface area contributed by atoms with Crippen molar-refractivity contribution >= 4 is 61.3 Å². The summed E-state index contributed by atoms with van der Waals surface area (Å²) in [5.41, 5.74) is 6.65. The van der Waals surface area contributed by atoms with Crippen molar-refractivity contribution in [1.82, 2.24) is 9.97 Å². The standard InChI is InChI=1S/C21H20N4O3S.ClH/c1-12-8-18-21-16(23-12)6-5-15-20(21)13(10-22-15)11-25(18)17-7-4-14(9-19(17)28-2)24-29(3,26)27;/h4-10,23-24H,11H2,1-3H3;1H. The van der Waals surface area contributed by atoms with Crippen molar-refractivity contribution in [3.8, 4) is 5.75 Å². The molecule has 0 saturated heterocycles. The number of aryl methyl sites for hydroxylation is 1. The summed E-state index contributed by atoms with van der Waals surface area (Å²) in [6.45, 7) is 2.69. The van der Waals surface area contributed by atoms with Crippen LogP contribution in [0.5, 0.6) is 5.75 Å². The Morgan fingerprint density at radius 3 is 2.67 bits per heavy atom. The van der Waals surface area contributed by atoms with Gasteiger partial charge in [-0.25, -0.2) is 8.42 Å². The molecule has 2 aromatic heterocycles. The zero-order chi connectivity index (χ0) is 20.3. The number of sulfonamides is 1. The average molecular weight is 445 g/mol. The van der Waals surface area contributed by atoms with E-state index in [-0.39, 0.29) is 12.4 Å². The number of benzene rings is 2. The highest BCUT2D eigenvalue weighted by molar-refractivity contribution is 7.92.